The molecule has 4 aromatic carbocycles. The van der Waals surface area contributed by atoms with Gasteiger partial charge in [-0.2, -0.15) is 0 Å². The number of hydrogen-bond donors (Lipinski definition) is 0. The molecule has 0 saturated carbocycles. The smallest absolute Gasteiger partial charge is 0.0196 e. The van der Waals surface area contributed by atoms with Crippen LogP contribution in [-0.2, 0) is 31.9 Å². The minimum absolute atomic E-state index is 0. The van der Waals surface area contributed by atoms with E-state index in [9.17, 15) is 0 Å². The second-order valence-corrected chi connectivity index (χ2v) is 13.1. The molecule has 0 saturated heterocycles. The second kappa shape index (κ2) is 16.1. The predicted molar refractivity (Wildman–Crippen MR) is 194 cm³/mol. The summed E-state index contributed by atoms with van der Waals surface area (Å²) in [5.74, 6) is 0.669. The number of hydrogen-bond acceptors (Lipinski definition) is 2. The third kappa shape index (κ3) is 9.01. The van der Waals surface area contributed by atoms with Gasteiger partial charge in [-0.05, 0) is 70.8 Å². The van der Waals surface area contributed by atoms with E-state index in [1.54, 1.807) is 0 Å². The normalized spacial score (nSPS) is 11.0. The van der Waals surface area contributed by atoms with E-state index in [1.165, 1.54) is 44.5 Å². The van der Waals surface area contributed by atoms with Crippen LogP contribution >= 0.6 is 0 Å². The van der Waals surface area contributed by atoms with Crippen molar-refractivity contribution < 1.29 is 20.1 Å². The van der Waals surface area contributed by atoms with Crippen molar-refractivity contribution in [2.75, 3.05) is 0 Å². The van der Waals surface area contributed by atoms with Crippen LogP contribution in [0.4, 0.5) is 0 Å². The Hall–Kier alpha value is -4.17. The van der Waals surface area contributed by atoms with Gasteiger partial charge in [-0.15, -0.1) is 70.8 Å². The van der Waals surface area contributed by atoms with Gasteiger partial charge < -0.3 is 9.97 Å². The summed E-state index contributed by atoms with van der Waals surface area (Å²) in [4.78, 5) is 9.26. The average Bonchev–Trinajstić information content (AvgIpc) is 3.07. The Morgan fingerprint density at radius 2 is 1.32 bits per heavy atom. The number of rotatable bonds is 7. The van der Waals surface area contributed by atoms with Crippen molar-refractivity contribution in [2.24, 2.45) is 5.92 Å². The predicted octanol–water partition coefficient (Wildman–Crippen LogP) is 11.2. The molecule has 3 heteroatoms. The standard InChI is InChI=1S/C27H24N.C17H20N.Ir/c1-20-19-28-26(18-25(20)21-11-6-4-7-12-21)22-13-10-16-24(17-22)27(2,3)23-14-8-5-9-15-23;1-12(2)9-16-11-18-17(10-14(16)4)15-7-5-13(3)6-8-15;/h4-12,14-19H,1-3H3;5-7,10-12H,9H2,1-4H3;/q2*-1;. The number of nitrogens with zero attached hydrogens (tertiary/aromatic N) is 2. The van der Waals surface area contributed by atoms with Crippen LogP contribution in [0.15, 0.2) is 122 Å². The van der Waals surface area contributed by atoms with Crippen molar-refractivity contribution in [3.63, 3.8) is 0 Å². The van der Waals surface area contributed by atoms with E-state index >= 15 is 0 Å². The van der Waals surface area contributed by atoms with E-state index in [2.05, 4.69) is 157 Å². The molecule has 0 amide bonds. The van der Waals surface area contributed by atoms with Gasteiger partial charge in [0.25, 0.3) is 0 Å². The zero-order valence-electron chi connectivity index (χ0n) is 28.6. The molecule has 1 radical (unpaired) electrons. The van der Waals surface area contributed by atoms with Crippen LogP contribution in [0.1, 0.15) is 61.1 Å². The van der Waals surface area contributed by atoms with Crippen molar-refractivity contribution in [2.45, 2.75) is 60.3 Å². The average molecular weight is 793 g/mol. The Bertz CT molecular complexity index is 1880. The second-order valence-electron chi connectivity index (χ2n) is 13.1. The number of benzene rings is 4. The van der Waals surface area contributed by atoms with Gasteiger partial charge in [0.2, 0.25) is 0 Å². The molecule has 0 aliphatic rings. The molecule has 0 unspecified atom stereocenters. The van der Waals surface area contributed by atoms with Crippen LogP contribution in [-0.4, -0.2) is 9.97 Å². The van der Waals surface area contributed by atoms with Gasteiger partial charge in [0, 0.05) is 32.5 Å². The first kappa shape index (κ1) is 35.7. The van der Waals surface area contributed by atoms with E-state index in [4.69, 9.17) is 4.98 Å². The molecule has 0 bridgehead atoms. The molecule has 2 heterocycles. The summed E-state index contributed by atoms with van der Waals surface area (Å²) >= 11 is 0. The molecular formula is C44H44IrN2-2. The van der Waals surface area contributed by atoms with Gasteiger partial charge in [-0.25, -0.2) is 0 Å². The van der Waals surface area contributed by atoms with Crippen molar-refractivity contribution in [1.82, 2.24) is 9.97 Å². The maximum Gasteiger partial charge on any atom is 0.0196 e. The molecule has 0 N–H and O–H groups in total. The van der Waals surface area contributed by atoms with Crippen molar-refractivity contribution in [3.8, 4) is 33.6 Å². The third-order valence-corrected chi connectivity index (χ3v) is 8.57. The Morgan fingerprint density at radius 1 is 0.660 bits per heavy atom. The fraction of sp³-hybridized carbons (Fsp3) is 0.227. The van der Waals surface area contributed by atoms with Crippen LogP contribution in [0, 0.1) is 38.8 Å². The first-order valence-electron chi connectivity index (χ1n) is 16.2. The van der Waals surface area contributed by atoms with Gasteiger partial charge in [-0.1, -0.05) is 113 Å². The Kier molecular flexibility index (Phi) is 12.2. The quantitative estimate of drug-likeness (QED) is 0.151. The zero-order chi connectivity index (χ0) is 32.7. The molecule has 241 valence electrons. The molecule has 2 nitrogen and oxygen atoms in total. The minimum atomic E-state index is -0.0853. The van der Waals surface area contributed by atoms with Crippen molar-refractivity contribution >= 4 is 0 Å². The topological polar surface area (TPSA) is 25.8 Å². The van der Waals surface area contributed by atoms with E-state index in [-0.39, 0.29) is 25.5 Å². The van der Waals surface area contributed by atoms with E-state index in [0.29, 0.717) is 5.92 Å². The summed E-state index contributed by atoms with van der Waals surface area (Å²) < 4.78 is 0. The van der Waals surface area contributed by atoms with Gasteiger partial charge in [-0.3, -0.25) is 0 Å². The van der Waals surface area contributed by atoms with Gasteiger partial charge in [0.1, 0.15) is 0 Å². The minimum Gasteiger partial charge on any atom is -0.304 e. The molecule has 0 atom stereocenters. The molecule has 0 fully saturated rings. The molecule has 6 rings (SSSR count). The number of aryl methyl sites for hydroxylation is 3. The molecule has 47 heavy (non-hydrogen) atoms. The number of pyridine rings is 2. The molecular weight excluding hydrogens is 749 g/mol. The van der Waals surface area contributed by atoms with E-state index in [1.807, 2.05) is 30.6 Å². The SMILES string of the molecule is Cc1c[c-]c(-c2cc(C)c(CC(C)C)cn2)cc1.Cc1cnc(-c2[c-]ccc(C(C)(C)c3ccccc3)c2)cc1-c1ccccc1.[Ir]. The third-order valence-electron chi connectivity index (χ3n) is 8.57. The fourth-order valence-corrected chi connectivity index (χ4v) is 5.67. The van der Waals surface area contributed by atoms with Crippen molar-refractivity contribution in [3.05, 3.63) is 167 Å². The largest absolute Gasteiger partial charge is 0.304 e. The maximum absolute atomic E-state index is 4.70. The first-order valence-corrected chi connectivity index (χ1v) is 16.2. The van der Waals surface area contributed by atoms with Crippen LogP contribution in [0.3, 0.4) is 0 Å². The maximum atomic E-state index is 4.70. The summed E-state index contributed by atoms with van der Waals surface area (Å²) in [6.45, 7) is 15.3. The molecule has 6 aromatic rings. The van der Waals surface area contributed by atoms with Gasteiger partial charge in [0.15, 0.2) is 0 Å². The molecule has 0 aliphatic carbocycles. The first-order chi connectivity index (χ1) is 22.1. The molecule has 2 aromatic heterocycles. The Morgan fingerprint density at radius 3 is 1.96 bits per heavy atom. The van der Waals surface area contributed by atoms with Crippen LogP contribution < -0.4 is 0 Å². The van der Waals surface area contributed by atoms with Gasteiger partial charge >= 0.3 is 0 Å². The Labute approximate surface area is 295 Å². The molecule has 0 aliphatic heterocycles. The summed E-state index contributed by atoms with van der Waals surface area (Å²) in [6, 6.07) is 44.7. The number of aromatic nitrogens is 2. The van der Waals surface area contributed by atoms with E-state index < -0.39 is 0 Å². The summed E-state index contributed by atoms with van der Waals surface area (Å²) in [6.07, 6.45) is 5.07. The van der Waals surface area contributed by atoms with Crippen LogP contribution in [0.2, 0.25) is 0 Å². The Balaban J connectivity index is 0.000000229. The summed E-state index contributed by atoms with van der Waals surface area (Å²) in [5, 5.41) is 0. The molecule has 0 spiro atoms. The summed E-state index contributed by atoms with van der Waals surface area (Å²) in [5.41, 5.74) is 14.0. The summed E-state index contributed by atoms with van der Waals surface area (Å²) in [7, 11) is 0. The van der Waals surface area contributed by atoms with Gasteiger partial charge in [0.05, 0.1) is 0 Å². The van der Waals surface area contributed by atoms with E-state index in [0.717, 1.165) is 28.9 Å². The van der Waals surface area contributed by atoms with Crippen molar-refractivity contribution in [1.29, 1.82) is 0 Å². The monoisotopic (exact) mass is 793 g/mol. The fourth-order valence-electron chi connectivity index (χ4n) is 5.67. The van der Waals surface area contributed by atoms with Crippen LogP contribution in [0.25, 0.3) is 33.6 Å². The zero-order valence-corrected chi connectivity index (χ0v) is 31.0. The van der Waals surface area contributed by atoms with Crippen LogP contribution in [0.5, 0.6) is 0 Å².